The first-order chi connectivity index (χ1) is 11.0. The predicted molar refractivity (Wildman–Crippen MR) is 87.1 cm³/mol. The smallest absolute Gasteiger partial charge is 0.296 e. The second kappa shape index (κ2) is 5.68. The number of nitrogens with one attached hydrogen (secondary N) is 2. The number of amides is 1. The molecule has 0 unspecified atom stereocenters. The first kappa shape index (κ1) is 15.0. The van der Waals surface area contributed by atoms with Crippen molar-refractivity contribution in [1.29, 1.82) is 0 Å². The lowest BCUT2D eigenvalue weighted by molar-refractivity contribution is -0.112. The van der Waals surface area contributed by atoms with Gasteiger partial charge in [-0.2, -0.15) is 0 Å². The van der Waals surface area contributed by atoms with Crippen molar-refractivity contribution in [1.82, 2.24) is 4.98 Å². The van der Waals surface area contributed by atoms with Crippen molar-refractivity contribution in [2.24, 2.45) is 0 Å². The quantitative estimate of drug-likeness (QED) is 0.572. The van der Waals surface area contributed by atoms with Gasteiger partial charge >= 0.3 is 0 Å². The number of hydrogen-bond donors (Lipinski definition) is 2. The molecule has 2 N–H and O–H groups in total. The van der Waals surface area contributed by atoms with Crippen LogP contribution in [0, 0.1) is 19.7 Å². The Morgan fingerprint density at radius 2 is 1.87 bits per heavy atom. The number of ketones is 1. The minimum atomic E-state index is -0.720. The van der Waals surface area contributed by atoms with E-state index in [1.54, 1.807) is 6.07 Å². The number of aromatic nitrogens is 1. The Morgan fingerprint density at radius 1 is 1.09 bits per heavy atom. The standard InChI is InChI=1S/C18H15FN2O2/c1-10-3-6-15(11(2)7-10)21-18(23)17(22)14-9-20-16-8-12(19)4-5-13(14)16/h3-9,20H,1-2H3,(H,21,23). The Morgan fingerprint density at radius 3 is 2.61 bits per heavy atom. The molecule has 0 radical (unpaired) electrons. The summed E-state index contributed by atoms with van der Waals surface area (Å²) in [6, 6.07) is 9.58. The molecular weight excluding hydrogens is 295 g/mol. The largest absolute Gasteiger partial charge is 0.360 e. The van der Waals surface area contributed by atoms with Gasteiger partial charge in [-0.05, 0) is 43.7 Å². The van der Waals surface area contributed by atoms with Crippen molar-refractivity contribution < 1.29 is 14.0 Å². The van der Waals surface area contributed by atoms with E-state index in [-0.39, 0.29) is 5.56 Å². The first-order valence-electron chi connectivity index (χ1n) is 7.15. The van der Waals surface area contributed by atoms with E-state index in [0.29, 0.717) is 16.6 Å². The molecule has 4 nitrogen and oxygen atoms in total. The number of hydrogen-bond acceptors (Lipinski definition) is 2. The molecule has 3 aromatic rings. The lowest BCUT2D eigenvalue weighted by atomic mass is 10.1. The number of fused-ring (bicyclic) bond motifs is 1. The maximum absolute atomic E-state index is 13.2. The van der Waals surface area contributed by atoms with Crippen LogP contribution >= 0.6 is 0 Å². The van der Waals surface area contributed by atoms with Gasteiger partial charge in [0, 0.05) is 22.8 Å². The topological polar surface area (TPSA) is 62.0 Å². The summed E-state index contributed by atoms with van der Waals surface area (Å²) in [5, 5.41) is 3.15. The zero-order chi connectivity index (χ0) is 16.6. The minimum Gasteiger partial charge on any atom is -0.360 e. The van der Waals surface area contributed by atoms with Crippen LogP contribution < -0.4 is 5.32 Å². The molecule has 5 heteroatoms. The van der Waals surface area contributed by atoms with Gasteiger partial charge in [0.05, 0.1) is 5.56 Å². The molecule has 0 aliphatic carbocycles. The summed E-state index contributed by atoms with van der Waals surface area (Å²) in [6.45, 7) is 3.82. The zero-order valence-electron chi connectivity index (χ0n) is 12.7. The van der Waals surface area contributed by atoms with E-state index in [1.165, 1.54) is 24.4 Å². The number of halogens is 1. The fraction of sp³-hybridized carbons (Fsp3) is 0.111. The number of anilines is 1. The second-order valence-corrected chi connectivity index (χ2v) is 5.49. The Balaban J connectivity index is 1.88. The molecule has 0 fully saturated rings. The van der Waals surface area contributed by atoms with Crippen LogP contribution in [0.25, 0.3) is 10.9 Å². The Bertz CT molecular complexity index is 928. The van der Waals surface area contributed by atoms with Crippen molar-refractivity contribution in [2.75, 3.05) is 5.32 Å². The van der Waals surface area contributed by atoms with Crippen LogP contribution in [0.3, 0.4) is 0 Å². The van der Waals surface area contributed by atoms with E-state index >= 15 is 0 Å². The third-order valence-electron chi connectivity index (χ3n) is 3.72. The zero-order valence-corrected chi connectivity index (χ0v) is 12.7. The highest BCUT2D eigenvalue weighted by molar-refractivity contribution is 6.48. The predicted octanol–water partition coefficient (Wildman–Crippen LogP) is 3.75. The molecule has 0 saturated carbocycles. The van der Waals surface area contributed by atoms with E-state index in [9.17, 15) is 14.0 Å². The molecule has 0 aliphatic rings. The first-order valence-corrected chi connectivity index (χ1v) is 7.15. The van der Waals surface area contributed by atoms with Crippen molar-refractivity contribution in [3.63, 3.8) is 0 Å². The van der Waals surface area contributed by atoms with Crippen molar-refractivity contribution >= 4 is 28.3 Å². The highest BCUT2D eigenvalue weighted by Crippen LogP contribution is 2.21. The molecule has 23 heavy (non-hydrogen) atoms. The lowest BCUT2D eigenvalue weighted by Crippen LogP contribution is -2.23. The fourth-order valence-corrected chi connectivity index (χ4v) is 2.54. The van der Waals surface area contributed by atoms with Gasteiger partial charge in [-0.1, -0.05) is 17.7 Å². The van der Waals surface area contributed by atoms with Crippen LogP contribution in [0.2, 0.25) is 0 Å². The molecule has 0 atom stereocenters. The van der Waals surface area contributed by atoms with E-state index in [1.807, 2.05) is 26.0 Å². The van der Waals surface area contributed by atoms with Crippen LogP contribution in [0.4, 0.5) is 10.1 Å². The van der Waals surface area contributed by atoms with Crippen LogP contribution in [0.15, 0.2) is 42.6 Å². The molecule has 0 bridgehead atoms. The monoisotopic (exact) mass is 310 g/mol. The minimum absolute atomic E-state index is 0.224. The number of carbonyl (C=O) groups excluding carboxylic acids is 2. The molecule has 1 amide bonds. The van der Waals surface area contributed by atoms with Crippen molar-refractivity contribution in [2.45, 2.75) is 13.8 Å². The van der Waals surface area contributed by atoms with Gasteiger partial charge in [-0.3, -0.25) is 9.59 Å². The number of carbonyl (C=O) groups is 2. The summed E-state index contributed by atoms with van der Waals surface area (Å²) < 4.78 is 13.2. The number of H-pyrrole nitrogens is 1. The van der Waals surface area contributed by atoms with Gasteiger partial charge in [0.15, 0.2) is 0 Å². The lowest BCUT2D eigenvalue weighted by Gasteiger charge is -2.08. The molecule has 1 aromatic heterocycles. The number of aryl methyl sites for hydroxylation is 2. The van der Waals surface area contributed by atoms with Crippen LogP contribution in [0.5, 0.6) is 0 Å². The molecule has 0 saturated heterocycles. The van der Waals surface area contributed by atoms with Gasteiger partial charge in [0.2, 0.25) is 0 Å². The maximum atomic E-state index is 13.2. The Hall–Kier alpha value is -2.95. The number of aromatic amines is 1. The van der Waals surface area contributed by atoms with E-state index in [4.69, 9.17) is 0 Å². The molecule has 3 rings (SSSR count). The molecule has 1 heterocycles. The highest BCUT2D eigenvalue weighted by atomic mass is 19.1. The van der Waals surface area contributed by atoms with Crippen molar-refractivity contribution in [3.05, 3.63) is 65.1 Å². The number of benzene rings is 2. The van der Waals surface area contributed by atoms with Crippen LogP contribution in [-0.2, 0) is 4.79 Å². The summed E-state index contributed by atoms with van der Waals surface area (Å²) in [6.07, 6.45) is 1.42. The Labute approximate surface area is 132 Å². The molecule has 116 valence electrons. The van der Waals surface area contributed by atoms with Gasteiger partial charge in [0.25, 0.3) is 11.7 Å². The summed E-state index contributed by atoms with van der Waals surface area (Å²) in [4.78, 5) is 27.4. The maximum Gasteiger partial charge on any atom is 0.296 e. The number of rotatable bonds is 3. The fourth-order valence-electron chi connectivity index (χ4n) is 2.54. The van der Waals surface area contributed by atoms with E-state index in [2.05, 4.69) is 10.3 Å². The third kappa shape index (κ3) is 2.85. The summed E-state index contributed by atoms with van der Waals surface area (Å²) in [5.74, 6) is -1.79. The Kier molecular flexibility index (Phi) is 3.70. The van der Waals surface area contributed by atoms with E-state index in [0.717, 1.165) is 11.1 Å². The molecule has 2 aromatic carbocycles. The summed E-state index contributed by atoms with van der Waals surface area (Å²) >= 11 is 0. The molecular formula is C18H15FN2O2. The SMILES string of the molecule is Cc1ccc(NC(=O)C(=O)c2c[nH]c3cc(F)ccc23)c(C)c1. The average Bonchev–Trinajstić information content (AvgIpc) is 2.92. The average molecular weight is 310 g/mol. The van der Waals surface area contributed by atoms with Crippen LogP contribution in [0.1, 0.15) is 21.5 Å². The third-order valence-corrected chi connectivity index (χ3v) is 3.72. The normalized spacial score (nSPS) is 10.7. The molecule has 0 spiro atoms. The van der Waals surface area contributed by atoms with Gasteiger partial charge in [-0.25, -0.2) is 4.39 Å². The van der Waals surface area contributed by atoms with Gasteiger partial charge in [-0.15, -0.1) is 0 Å². The summed E-state index contributed by atoms with van der Waals surface area (Å²) in [5.41, 5.74) is 3.26. The van der Waals surface area contributed by atoms with Crippen molar-refractivity contribution in [3.8, 4) is 0 Å². The van der Waals surface area contributed by atoms with Gasteiger partial charge in [0.1, 0.15) is 5.82 Å². The van der Waals surface area contributed by atoms with E-state index < -0.39 is 17.5 Å². The van der Waals surface area contributed by atoms with Crippen LogP contribution in [-0.4, -0.2) is 16.7 Å². The molecule has 0 aliphatic heterocycles. The van der Waals surface area contributed by atoms with Gasteiger partial charge < -0.3 is 10.3 Å². The highest BCUT2D eigenvalue weighted by Gasteiger charge is 2.20. The summed E-state index contributed by atoms with van der Waals surface area (Å²) in [7, 11) is 0. The number of Topliss-reactive ketones (excluding diaryl/α,β-unsaturated/α-hetero) is 1. The second-order valence-electron chi connectivity index (χ2n) is 5.49.